The van der Waals surface area contributed by atoms with Crippen molar-refractivity contribution in [2.24, 2.45) is 0 Å². The van der Waals surface area contributed by atoms with E-state index in [2.05, 4.69) is 5.32 Å². The number of hydrogen-bond acceptors (Lipinski definition) is 4. The fourth-order valence-electron chi connectivity index (χ4n) is 4.87. The van der Waals surface area contributed by atoms with Crippen molar-refractivity contribution < 1.29 is 13.9 Å². The summed E-state index contributed by atoms with van der Waals surface area (Å²) in [5, 5.41) is 8.27. The second kappa shape index (κ2) is 8.89. The summed E-state index contributed by atoms with van der Waals surface area (Å²) >= 11 is 6.47. The van der Waals surface area contributed by atoms with Gasteiger partial charge in [-0.1, -0.05) is 29.8 Å². The van der Waals surface area contributed by atoms with Crippen molar-refractivity contribution in [3.05, 3.63) is 81.8 Å². The Morgan fingerprint density at radius 2 is 1.94 bits per heavy atom. The summed E-state index contributed by atoms with van der Waals surface area (Å²) in [6.45, 7) is 4.26. The van der Waals surface area contributed by atoms with Crippen molar-refractivity contribution in [2.75, 3.05) is 25.6 Å². The zero-order valence-corrected chi connectivity index (χ0v) is 20.8. The Balaban J connectivity index is 1.60. The third-order valence-corrected chi connectivity index (χ3v) is 6.68. The smallest absolute Gasteiger partial charge is 0.255 e. The van der Waals surface area contributed by atoms with Crippen LogP contribution in [0.25, 0.3) is 16.6 Å². The van der Waals surface area contributed by atoms with Crippen molar-refractivity contribution in [1.29, 1.82) is 0 Å². The zero-order valence-electron chi connectivity index (χ0n) is 20.0. The van der Waals surface area contributed by atoms with Crippen LogP contribution in [0.2, 0.25) is 5.02 Å². The molecule has 35 heavy (non-hydrogen) atoms. The molecule has 5 rings (SSSR count). The Kier molecular flexibility index (Phi) is 5.89. The zero-order chi connectivity index (χ0) is 24.9. The minimum absolute atomic E-state index is 0.145. The molecule has 0 radical (unpaired) electrons. The van der Waals surface area contributed by atoms with Crippen molar-refractivity contribution >= 4 is 28.8 Å². The molecule has 4 aromatic rings. The van der Waals surface area contributed by atoms with E-state index in [-0.39, 0.29) is 17.8 Å². The summed E-state index contributed by atoms with van der Waals surface area (Å²) < 4.78 is 21.4. The SMILES string of the molecule is Cc1cc(F)cc(Cl)c1-c1c(C)nn2c(N(C)C)c(C(=O)N[C@H]3CCOc4ccccc43)ccc12. The number of nitrogens with zero attached hydrogens (tertiary/aromatic N) is 3. The van der Waals surface area contributed by atoms with Crippen LogP contribution in [0.5, 0.6) is 5.75 Å². The number of ether oxygens (including phenoxy) is 1. The lowest BCUT2D eigenvalue weighted by molar-refractivity contribution is 0.0925. The Bertz CT molecular complexity index is 1440. The van der Waals surface area contributed by atoms with Gasteiger partial charge in [0.15, 0.2) is 0 Å². The van der Waals surface area contributed by atoms with Gasteiger partial charge in [0.05, 0.1) is 34.4 Å². The largest absolute Gasteiger partial charge is 0.493 e. The van der Waals surface area contributed by atoms with E-state index in [0.29, 0.717) is 29.4 Å². The second-order valence-electron chi connectivity index (χ2n) is 9.00. The first kappa shape index (κ1) is 23.2. The molecule has 0 aliphatic carbocycles. The van der Waals surface area contributed by atoms with Crippen LogP contribution in [0.1, 0.15) is 39.6 Å². The molecule has 1 aliphatic heterocycles. The van der Waals surface area contributed by atoms with E-state index in [1.807, 2.05) is 69.2 Å². The predicted molar refractivity (Wildman–Crippen MR) is 136 cm³/mol. The van der Waals surface area contributed by atoms with Crippen molar-refractivity contribution in [2.45, 2.75) is 26.3 Å². The van der Waals surface area contributed by atoms with E-state index in [1.165, 1.54) is 12.1 Å². The normalized spacial score (nSPS) is 15.0. The summed E-state index contributed by atoms with van der Waals surface area (Å²) in [5.74, 6) is 0.868. The standard InChI is InChI=1S/C27H26ClFN4O2/c1-15-13-17(29)14-20(28)24(15)25-16(2)31-33-22(25)10-9-19(27(33)32(3)4)26(34)30-21-11-12-35-23-8-6-5-7-18(21)23/h5-10,13-14,21H,11-12H2,1-4H3,(H,30,34)/t21-/m0/s1. The number of nitrogens with one attached hydrogen (secondary N) is 1. The number of carbonyl (C=O) groups is 1. The predicted octanol–water partition coefficient (Wildman–Crippen LogP) is 5.73. The maximum Gasteiger partial charge on any atom is 0.255 e. The van der Waals surface area contributed by atoms with Crippen LogP contribution in [0.4, 0.5) is 10.2 Å². The lowest BCUT2D eigenvalue weighted by Crippen LogP contribution is -2.33. The molecule has 0 saturated carbocycles. The summed E-state index contributed by atoms with van der Waals surface area (Å²) in [6.07, 6.45) is 0.690. The van der Waals surface area contributed by atoms with Gasteiger partial charge >= 0.3 is 0 Å². The summed E-state index contributed by atoms with van der Waals surface area (Å²) in [6, 6.07) is 14.1. The molecule has 8 heteroatoms. The fourth-order valence-corrected chi connectivity index (χ4v) is 5.22. The monoisotopic (exact) mass is 492 g/mol. The van der Waals surface area contributed by atoms with Crippen molar-refractivity contribution in [3.63, 3.8) is 0 Å². The average molecular weight is 493 g/mol. The molecule has 2 aromatic carbocycles. The minimum atomic E-state index is -0.381. The lowest BCUT2D eigenvalue weighted by atomic mass is 9.98. The van der Waals surface area contributed by atoms with E-state index in [4.69, 9.17) is 21.4 Å². The van der Waals surface area contributed by atoms with Crippen LogP contribution < -0.4 is 15.0 Å². The topological polar surface area (TPSA) is 58.9 Å². The highest BCUT2D eigenvalue weighted by atomic mass is 35.5. The second-order valence-corrected chi connectivity index (χ2v) is 9.41. The molecular formula is C27H26ClFN4O2. The van der Waals surface area contributed by atoms with E-state index in [9.17, 15) is 9.18 Å². The maximum absolute atomic E-state index is 13.9. The van der Waals surface area contributed by atoms with Crippen LogP contribution >= 0.6 is 11.6 Å². The number of pyridine rings is 1. The molecule has 1 atom stereocenters. The molecule has 0 fully saturated rings. The van der Waals surface area contributed by atoms with Crippen molar-refractivity contribution in [1.82, 2.24) is 14.9 Å². The molecule has 0 spiro atoms. The molecule has 0 unspecified atom stereocenters. The molecular weight excluding hydrogens is 467 g/mol. The lowest BCUT2D eigenvalue weighted by Gasteiger charge is -2.27. The number of halogens is 2. The van der Waals surface area contributed by atoms with Gasteiger partial charge in [0.25, 0.3) is 5.91 Å². The van der Waals surface area contributed by atoms with E-state index in [0.717, 1.165) is 39.2 Å². The average Bonchev–Trinajstić information content (AvgIpc) is 3.13. The van der Waals surface area contributed by atoms with Crippen molar-refractivity contribution in [3.8, 4) is 16.9 Å². The number of rotatable bonds is 4. The van der Waals surface area contributed by atoms with Gasteiger partial charge in [-0.05, 0) is 49.7 Å². The van der Waals surface area contributed by atoms with Gasteiger partial charge in [-0.15, -0.1) is 0 Å². The van der Waals surface area contributed by atoms with Crippen LogP contribution in [0, 0.1) is 19.7 Å². The number of fused-ring (bicyclic) bond motifs is 2. The highest BCUT2D eigenvalue weighted by Gasteiger charge is 2.27. The molecule has 2 aromatic heterocycles. The first-order valence-corrected chi connectivity index (χ1v) is 11.8. The molecule has 180 valence electrons. The summed E-state index contributed by atoms with van der Waals surface area (Å²) in [7, 11) is 3.75. The van der Waals surface area contributed by atoms with E-state index < -0.39 is 0 Å². The third kappa shape index (κ3) is 4.00. The Morgan fingerprint density at radius 1 is 1.17 bits per heavy atom. The van der Waals surface area contributed by atoms with Crippen LogP contribution in [-0.4, -0.2) is 36.2 Å². The number of anilines is 1. The number of para-hydroxylation sites is 1. The quantitative estimate of drug-likeness (QED) is 0.395. The molecule has 6 nitrogen and oxygen atoms in total. The van der Waals surface area contributed by atoms with Gasteiger partial charge in [-0.2, -0.15) is 5.10 Å². The van der Waals surface area contributed by atoms with Crippen LogP contribution in [0.3, 0.4) is 0 Å². The third-order valence-electron chi connectivity index (χ3n) is 6.38. The Hall–Kier alpha value is -3.58. The first-order chi connectivity index (χ1) is 16.8. The van der Waals surface area contributed by atoms with Gasteiger partial charge < -0.3 is 15.0 Å². The maximum atomic E-state index is 13.9. The molecule has 3 heterocycles. The Labute approximate surface area is 208 Å². The number of hydrogen-bond donors (Lipinski definition) is 1. The molecule has 1 N–H and O–H groups in total. The van der Waals surface area contributed by atoms with Gasteiger partial charge in [0, 0.05) is 37.2 Å². The fraction of sp³-hybridized carbons (Fsp3) is 0.259. The van der Waals surface area contributed by atoms with E-state index in [1.54, 1.807) is 4.52 Å². The number of aryl methyl sites for hydroxylation is 2. The molecule has 0 saturated heterocycles. The minimum Gasteiger partial charge on any atom is -0.493 e. The number of amides is 1. The van der Waals surface area contributed by atoms with Gasteiger partial charge in [0.2, 0.25) is 0 Å². The Morgan fingerprint density at radius 3 is 2.69 bits per heavy atom. The molecule has 0 bridgehead atoms. The first-order valence-electron chi connectivity index (χ1n) is 11.4. The highest BCUT2D eigenvalue weighted by molar-refractivity contribution is 6.33. The molecule has 1 amide bonds. The summed E-state index contributed by atoms with van der Waals surface area (Å²) in [4.78, 5) is 15.4. The van der Waals surface area contributed by atoms with Gasteiger partial charge in [-0.25, -0.2) is 8.91 Å². The number of benzene rings is 2. The highest BCUT2D eigenvalue weighted by Crippen LogP contribution is 2.39. The number of aromatic nitrogens is 2. The number of carbonyl (C=O) groups excluding carboxylic acids is 1. The van der Waals surface area contributed by atoms with Crippen LogP contribution in [0.15, 0.2) is 48.5 Å². The van der Waals surface area contributed by atoms with Gasteiger partial charge in [0.1, 0.15) is 17.4 Å². The van der Waals surface area contributed by atoms with Crippen LogP contribution in [-0.2, 0) is 0 Å². The van der Waals surface area contributed by atoms with Gasteiger partial charge in [-0.3, -0.25) is 4.79 Å². The van der Waals surface area contributed by atoms with E-state index >= 15 is 0 Å². The summed E-state index contributed by atoms with van der Waals surface area (Å²) in [5.41, 5.74) is 5.28. The molecule has 1 aliphatic rings.